The standard InChI is InChI=1S/C16H17N3O3S.4Y/c1-9-7-12-13(8-9)23(21,22)19(4)14(15(12)20)11(3)18-16-10(2)5-6-17-16;;;;/h18H,5,7H2,1-4H3;;;;/q-2;;;;/b14-11-;;;;. The molecule has 0 aromatic carbocycles. The predicted molar refractivity (Wildman–Crippen MR) is 86.4 cm³/mol. The van der Waals surface area contributed by atoms with Gasteiger partial charge in [-0.05, 0) is 12.7 Å². The van der Waals surface area contributed by atoms with Crippen molar-refractivity contribution in [1.82, 2.24) is 9.62 Å². The van der Waals surface area contributed by atoms with E-state index in [0.29, 0.717) is 29.9 Å². The Balaban J connectivity index is 0. The van der Waals surface area contributed by atoms with Gasteiger partial charge in [0.1, 0.15) is 5.78 Å². The Kier molecular flexibility index (Phi) is 14.4. The van der Waals surface area contributed by atoms with E-state index in [0.717, 1.165) is 15.5 Å². The van der Waals surface area contributed by atoms with Gasteiger partial charge in [-0.1, -0.05) is 31.6 Å². The van der Waals surface area contributed by atoms with Crippen molar-refractivity contribution in [2.75, 3.05) is 7.05 Å². The zero-order chi connectivity index (χ0) is 16.9. The summed E-state index contributed by atoms with van der Waals surface area (Å²) in [7, 11) is -2.36. The van der Waals surface area contributed by atoms with Crippen molar-refractivity contribution in [3.05, 3.63) is 44.9 Å². The van der Waals surface area contributed by atoms with Crippen LogP contribution in [0.2, 0.25) is 0 Å². The molecule has 0 saturated heterocycles. The van der Waals surface area contributed by atoms with Crippen molar-refractivity contribution in [2.24, 2.45) is 4.99 Å². The number of carbonyl (C=O) groups excluding carboxylic acids is 1. The van der Waals surface area contributed by atoms with E-state index >= 15 is 0 Å². The van der Waals surface area contributed by atoms with Crippen LogP contribution in [0.1, 0.15) is 33.6 Å². The number of ketones is 1. The van der Waals surface area contributed by atoms with Crippen LogP contribution in [0, 0.1) is 6.08 Å². The molecule has 11 heteroatoms. The van der Waals surface area contributed by atoms with E-state index in [1.807, 2.05) is 6.92 Å². The Morgan fingerprint density at radius 3 is 2.30 bits per heavy atom. The number of hydrogen-bond acceptors (Lipinski definition) is 5. The van der Waals surface area contributed by atoms with Gasteiger partial charge in [-0.15, -0.1) is 11.1 Å². The minimum absolute atomic E-state index is 0. The van der Waals surface area contributed by atoms with Gasteiger partial charge >= 0.3 is 0 Å². The third kappa shape index (κ3) is 6.16. The van der Waals surface area contributed by atoms with Crippen LogP contribution in [-0.4, -0.2) is 31.8 Å². The summed E-state index contributed by atoms with van der Waals surface area (Å²) in [6, 6.07) is 0. The Morgan fingerprint density at radius 1 is 1.19 bits per heavy atom. The van der Waals surface area contributed by atoms with Gasteiger partial charge < -0.3 is 15.1 Å². The van der Waals surface area contributed by atoms with Gasteiger partial charge in [0.15, 0.2) is 0 Å². The van der Waals surface area contributed by atoms with Crippen molar-refractivity contribution in [1.29, 1.82) is 0 Å². The molecule has 0 aromatic heterocycles. The number of aliphatic imine (C=N–C) groups is 1. The van der Waals surface area contributed by atoms with E-state index in [-0.39, 0.29) is 147 Å². The van der Waals surface area contributed by atoms with E-state index < -0.39 is 10.0 Å². The number of sulfonamides is 1. The van der Waals surface area contributed by atoms with Gasteiger partial charge in [0.05, 0.1) is 5.70 Å². The van der Waals surface area contributed by atoms with Crippen LogP contribution in [0.4, 0.5) is 0 Å². The fourth-order valence-corrected chi connectivity index (χ4v) is 4.31. The monoisotopic (exact) mass is 687 g/mol. The molecule has 2 aliphatic heterocycles. The van der Waals surface area contributed by atoms with Crippen molar-refractivity contribution in [3.63, 3.8) is 0 Å². The molecule has 0 spiro atoms. The van der Waals surface area contributed by atoms with Gasteiger partial charge in [-0.25, -0.2) is 14.5 Å². The molecule has 1 aliphatic carbocycles. The van der Waals surface area contributed by atoms with Crippen molar-refractivity contribution < 1.29 is 144 Å². The van der Waals surface area contributed by atoms with Gasteiger partial charge in [0.25, 0.3) is 0 Å². The molecule has 2 heterocycles. The number of allylic oxidation sites excluding steroid dienone is 5. The van der Waals surface area contributed by atoms with Gasteiger partial charge in [0, 0.05) is 144 Å². The van der Waals surface area contributed by atoms with E-state index in [9.17, 15) is 13.2 Å². The molecule has 3 rings (SSSR count). The normalized spacial score (nSPS) is 21.4. The third-order valence-electron chi connectivity index (χ3n) is 4.07. The summed E-state index contributed by atoms with van der Waals surface area (Å²) in [5.41, 5.74) is 2.62. The average Bonchev–Trinajstić information content (AvgIpc) is 3.05. The molecule has 0 fully saturated rings. The maximum atomic E-state index is 12.8. The Morgan fingerprint density at radius 2 is 1.78 bits per heavy atom. The van der Waals surface area contributed by atoms with Crippen LogP contribution in [0.25, 0.3) is 0 Å². The van der Waals surface area contributed by atoms with E-state index in [1.54, 1.807) is 13.8 Å². The largest absolute Gasteiger partial charge is 0.442 e. The fraction of sp³-hybridized carbons (Fsp3) is 0.375. The zero-order valence-electron chi connectivity index (χ0n) is 15.8. The summed E-state index contributed by atoms with van der Waals surface area (Å²) >= 11 is 0. The Bertz CT molecular complexity index is 887. The number of rotatable bonds is 2. The molecule has 134 valence electrons. The van der Waals surface area contributed by atoms with E-state index in [1.165, 1.54) is 7.05 Å². The van der Waals surface area contributed by atoms with Crippen LogP contribution in [-0.2, 0) is 146 Å². The summed E-state index contributed by atoms with van der Waals surface area (Å²) in [5, 5.41) is 3.04. The number of likely N-dealkylation sites (N-methyl/N-ethyl adjacent to an activating group) is 1. The molecule has 0 unspecified atom stereocenters. The van der Waals surface area contributed by atoms with E-state index in [4.69, 9.17) is 0 Å². The second-order valence-corrected chi connectivity index (χ2v) is 7.77. The van der Waals surface area contributed by atoms with E-state index in [2.05, 4.69) is 22.6 Å². The summed E-state index contributed by atoms with van der Waals surface area (Å²) in [4.78, 5) is 16.9. The first kappa shape index (κ1) is 31.5. The predicted octanol–water partition coefficient (Wildman–Crippen LogP) is 1.63. The first-order valence-corrected chi connectivity index (χ1v) is 8.65. The number of nitrogens with zero attached hydrogens (tertiary/aromatic N) is 2. The molecule has 0 atom stereocenters. The smallest absolute Gasteiger partial charge is 0.230 e. The zero-order valence-corrected chi connectivity index (χ0v) is 27.9. The molecule has 1 N–H and O–H groups in total. The molecule has 27 heavy (non-hydrogen) atoms. The molecule has 4 radical (unpaired) electrons. The van der Waals surface area contributed by atoms with Crippen molar-refractivity contribution in [2.45, 2.75) is 33.6 Å². The number of Topliss-reactive ketones (excluding diaryl/α,β-unsaturated/α-hetero) is 1. The minimum Gasteiger partial charge on any atom is -0.442 e. The van der Waals surface area contributed by atoms with Crippen LogP contribution >= 0.6 is 0 Å². The van der Waals surface area contributed by atoms with Crippen molar-refractivity contribution >= 4 is 22.0 Å². The molecular formula is C16H17N3O3SY4-2. The molecule has 3 aliphatic rings. The molecule has 0 amide bonds. The van der Waals surface area contributed by atoms with Crippen LogP contribution in [0.15, 0.2) is 43.8 Å². The van der Waals surface area contributed by atoms with Crippen molar-refractivity contribution in [3.8, 4) is 0 Å². The quantitative estimate of drug-likeness (QED) is 0.354. The first-order valence-electron chi connectivity index (χ1n) is 7.21. The molecular weight excluding hydrogens is 670 g/mol. The third-order valence-corrected chi connectivity index (χ3v) is 5.83. The second kappa shape index (κ2) is 12.3. The SMILES string of the molecule is CC1=[C-]C2=C(C1)C(=O)/C(=C(\C)NC1=C(C)C[C-]=N1)N(C)S2(=O)=O.[Y].[Y].[Y].[Y]. The van der Waals surface area contributed by atoms with Gasteiger partial charge in [-0.2, -0.15) is 11.8 Å². The minimum atomic E-state index is -3.75. The topological polar surface area (TPSA) is 78.8 Å². The number of nitrogens with one attached hydrogen (secondary N) is 1. The second-order valence-electron chi connectivity index (χ2n) is 5.87. The first-order chi connectivity index (χ1) is 10.7. The summed E-state index contributed by atoms with van der Waals surface area (Å²) in [6.45, 7) is 5.36. The average molecular weight is 687 g/mol. The summed E-state index contributed by atoms with van der Waals surface area (Å²) < 4.78 is 26.3. The van der Waals surface area contributed by atoms with Crippen LogP contribution in [0.5, 0.6) is 0 Å². The fourth-order valence-electron chi connectivity index (χ4n) is 2.80. The maximum absolute atomic E-state index is 12.8. The van der Waals surface area contributed by atoms with Crippen LogP contribution in [0.3, 0.4) is 0 Å². The maximum Gasteiger partial charge on any atom is 0.230 e. The number of hydrogen-bond donors (Lipinski definition) is 1. The molecule has 0 aromatic rings. The van der Waals surface area contributed by atoms with Gasteiger partial charge in [-0.3, -0.25) is 4.31 Å². The summed E-state index contributed by atoms with van der Waals surface area (Å²) in [5.74, 6) is 0.330. The molecule has 0 bridgehead atoms. The Hall–Kier alpha value is 2.27. The molecule has 6 nitrogen and oxygen atoms in total. The number of carbonyl (C=O) groups is 1. The molecule has 0 saturated carbocycles. The van der Waals surface area contributed by atoms with Crippen LogP contribution < -0.4 is 5.32 Å². The van der Waals surface area contributed by atoms with Gasteiger partial charge in [0.2, 0.25) is 10.0 Å². The summed E-state index contributed by atoms with van der Waals surface area (Å²) in [6.07, 6.45) is 6.60. The Labute approximate surface area is 261 Å².